The third-order valence-corrected chi connectivity index (χ3v) is 6.62. The number of carbonyl (C=O) groups is 1. The van der Waals surface area contributed by atoms with Crippen LogP contribution in [-0.4, -0.2) is 21.8 Å². The van der Waals surface area contributed by atoms with E-state index < -0.39 is 0 Å². The van der Waals surface area contributed by atoms with Gasteiger partial charge in [0.25, 0.3) is 0 Å². The Bertz CT molecular complexity index is 1260. The first-order chi connectivity index (χ1) is 15.7. The highest BCUT2D eigenvalue weighted by atomic mass is 32.2. The number of carbonyl (C=O) groups excluding carboxylic acids is 1. The minimum Gasteiger partial charge on any atom is -0.383 e. The molecule has 0 saturated carbocycles. The van der Waals surface area contributed by atoms with E-state index in [2.05, 4.69) is 26.7 Å². The highest BCUT2D eigenvalue weighted by Crippen LogP contribution is 2.49. The number of nitrogens with zero attached hydrogens (tertiary/aromatic N) is 2. The number of benzene rings is 2. The van der Waals surface area contributed by atoms with Crippen LogP contribution in [0.25, 0.3) is 11.1 Å². The van der Waals surface area contributed by atoms with E-state index in [0.717, 1.165) is 44.3 Å². The number of nitrogens with two attached hydrogens (primary N) is 1. The van der Waals surface area contributed by atoms with Crippen LogP contribution in [0.3, 0.4) is 0 Å². The van der Waals surface area contributed by atoms with Crippen LogP contribution in [0.1, 0.15) is 17.0 Å². The summed E-state index contributed by atoms with van der Waals surface area (Å²) in [5, 5.41) is 5.76. The van der Waals surface area contributed by atoms with Gasteiger partial charge in [0.1, 0.15) is 5.82 Å². The Labute approximate surface area is 190 Å². The molecule has 4 N–H and O–H groups in total. The van der Waals surface area contributed by atoms with Crippen molar-refractivity contribution < 1.29 is 4.79 Å². The first kappa shape index (κ1) is 20.1. The molecular formula is C25H21N5OS. The van der Waals surface area contributed by atoms with Crippen molar-refractivity contribution in [1.29, 1.82) is 0 Å². The fourth-order valence-electron chi connectivity index (χ4n) is 3.90. The van der Waals surface area contributed by atoms with Gasteiger partial charge in [-0.1, -0.05) is 36.4 Å². The number of anilines is 3. The number of urea groups is 1. The lowest BCUT2D eigenvalue weighted by molar-refractivity contribution is 0.262. The molecule has 6 nitrogen and oxygen atoms in total. The quantitative estimate of drug-likeness (QED) is 0.384. The average molecular weight is 440 g/mol. The number of para-hydroxylation sites is 1. The first-order valence-corrected chi connectivity index (χ1v) is 11.2. The molecule has 0 radical (unpaired) electrons. The summed E-state index contributed by atoms with van der Waals surface area (Å²) in [7, 11) is 0. The maximum absolute atomic E-state index is 12.4. The van der Waals surface area contributed by atoms with Crippen molar-refractivity contribution in [2.24, 2.45) is 0 Å². The van der Waals surface area contributed by atoms with E-state index in [1.807, 2.05) is 73.1 Å². The summed E-state index contributed by atoms with van der Waals surface area (Å²) >= 11 is 1.78. The van der Waals surface area contributed by atoms with Crippen molar-refractivity contribution in [1.82, 2.24) is 9.97 Å². The Morgan fingerprint density at radius 3 is 2.59 bits per heavy atom. The molecule has 2 amide bonds. The minimum atomic E-state index is -0.283. The summed E-state index contributed by atoms with van der Waals surface area (Å²) in [6, 6.07) is 20.9. The Hall–Kier alpha value is -3.84. The maximum atomic E-state index is 12.4. The average Bonchev–Trinajstić information content (AvgIpc) is 3.27. The molecule has 2 aromatic carbocycles. The molecule has 4 aromatic rings. The molecule has 1 unspecified atom stereocenters. The predicted molar refractivity (Wildman–Crippen MR) is 130 cm³/mol. The van der Waals surface area contributed by atoms with Crippen LogP contribution in [0.4, 0.5) is 22.0 Å². The van der Waals surface area contributed by atoms with E-state index in [4.69, 9.17) is 5.73 Å². The van der Waals surface area contributed by atoms with Crippen LogP contribution in [0.15, 0.2) is 90.2 Å². The van der Waals surface area contributed by atoms with Gasteiger partial charge in [0.2, 0.25) is 0 Å². The lowest BCUT2D eigenvalue weighted by Crippen LogP contribution is -2.19. The summed E-state index contributed by atoms with van der Waals surface area (Å²) in [6.07, 6.45) is 5.43. The summed E-state index contributed by atoms with van der Waals surface area (Å²) in [4.78, 5) is 22.3. The van der Waals surface area contributed by atoms with Crippen LogP contribution in [0.5, 0.6) is 0 Å². The van der Waals surface area contributed by atoms with Gasteiger partial charge in [0, 0.05) is 63.2 Å². The summed E-state index contributed by atoms with van der Waals surface area (Å²) < 4.78 is 0. The van der Waals surface area contributed by atoms with Gasteiger partial charge in [0.15, 0.2) is 0 Å². The normalized spacial score (nSPS) is 14.6. The molecule has 7 heteroatoms. The number of pyridine rings is 2. The van der Waals surface area contributed by atoms with Crippen molar-refractivity contribution in [3.8, 4) is 11.1 Å². The number of nitrogens with one attached hydrogen (secondary N) is 2. The van der Waals surface area contributed by atoms with Crippen LogP contribution in [0, 0.1) is 0 Å². The second-order valence-corrected chi connectivity index (χ2v) is 8.51. The second-order valence-electron chi connectivity index (χ2n) is 7.48. The summed E-state index contributed by atoms with van der Waals surface area (Å²) in [5.74, 6) is 1.50. The third-order valence-electron chi connectivity index (χ3n) is 5.39. The highest BCUT2D eigenvalue weighted by molar-refractivity contribution is 7.99. The van der Waals surface area contributed by atoms with E-state index in [1.165, 1.54) is 0 Å². The number of nitrogen functional groups attached to an aromatic ring is 1. The van der Waals surface area contributed by atoms with Gasteiger partial charge in [-0.15, -0.1) is 11.8 Å². The number of fused-ring (bicyclic) bond motifs is 1. The van der Waals surface area contributed by atoms with E-state index in [9.17, 15) is 4.79 Å². The molecule has 2 aromatic heterocycles. The fraction of sp³-hybridized carbons (Fsp3) is 0.0800. The van der Waals surface area contributed by atoms with Gasteiger partial charge in [-0.05, 0) is 35.9 Å². The molecule has 1 aliphatic rings. The smallest absolute Gasteiger partial charge is 0.323 e. The minimum absolute atomic E-state index is 0.0954. The fourth-order valence-corrected chi connectivity index (χ4v) is 5.33. The van der Waals surface area contributed by atoms with Crippen molar-refractivity contribution in [3.05, 3.63) is 96.4 Å². The van der Waals surface area contributed by atoms with Crippen molar-refractivity contribution in [2.45, 2.75) is 10.8 Å². The molecule has 158 valence electrons. The molecule has 0 fully saturated rings. The Morgan fingerprint density at radius 1 is 0.969 bits per heavy atom. The molecular weight excluding hydrogens is 418 g/mol. The molecule has 0 spiro atoms. The predicted octanol–water partition coefficient (Wildman–Crippen LogP) is 5.61. The van der Waals surface area contributed by atoms with Crippen LogP contribution in [-0.2, 0) is 0 Å². The monoisotopic (exact) mass is 439 g/mol. The number of amides is 2. The lowest BCUT2D eigenvalue weighted by atomic mass is 9.91. The number of aromatic nitrogens is 2. The van der Waals surface area contributed by atoms with Crippen LogP contribution >= 0.6 is 11.8 Å². The first-order valence-electron chi connectivity index (χ1n) is 10.2. The second kappa shape index (κ2) is 8.72. The zero-order valence-corrected chi connectivity index (χ0v) is 18.0. The van der Waals surface area contributed by atoms with Crippen LogP contribution < -0.4 is 16.4 Å². The Balaban J connectivity index is 1.41. The molecule has 1 atom stereocenters. The molecule has 1 aliphatic heterocycles. The SMILES string of the molecule is Nc1ncc(-c2cccnc2)c2c1C(c1cccc(NC(=O)Nc3ccccc3)c1)CS2. The van der Waals surface area contributed by atoms with E-state index in [0.29, 0.717) is 5.82 Å². The van der Waals surface area contributed by atoms with Gasteiger partial charge in [0.05, 0.1) is 0 Å². The van der Waals surface area contributed by atoms with Gasteiger partial charge in [-0.2, -0.15) is 0 Å². The summed E-state index contributed by atoms with van der Waals surface area (Å²) in [6.45, 7) is 0. The van der Waals surface area contributed by atoms with E-state index in [-0.39, 0.29) is 11.9 Å². The largest absolute Gasteiger partial charge is 0.383 e. The number of hydrogen-bond acceptors (Lipinski definition) is 5. The zero-order chi connectivity index (χ0) is 21.9. The van der Waals surface area contributed by atoms with Gasteiger partial charge in [-0.25, -0.2) is 9.78 Å². The molecule has 3 heterocycles. The number of rotatable bonds is 4. The van der Waals surface area contributed by atoms with Crippen molar-refractivity contribution in [3.63, 3.8) is 0 Å². The van der Waals surface area contributed by atoms with Crippen molar-refractivity contribution in [2.75, 3.05) is 22.1 Å². The third kappa shape index (κ3) is 4.02. The molecule has 5 rings (SSSR count). The van der Waals surface area contributed by atoms with Gasteiger partial charge >= 0.3 is 6.03 Å². The zero-order valence-electron chi connectivity index (χ0n) is 17.2. The van der Waals surface area contributed by atoms with Gasteiger partial charge < -0.3 is 16.4 Å². The highest BCUT2D eigenvalue weighted by Gasteiger charge is 2.30. The van der Waals surface area contributed by atoms with Gasteiger partial charge in [-0.3, -0.25) is 4.98 Å². The van der Waals surface area contributed by atoms with Crippen molar-refractivity contribution >= 4 is 35.0 Å². The molecule has 32 heavy (non-hydrogen) atoms. The summed E-state index contributed by atoms with van der Waals surface area (Å²) in [5.41, 5.74) is 12.0. The molecule has 0 aliphatic carbocycles. The maximum Gasteiger partial charge on any atom is 0.323 e. The molecule has 0 saturated heterocycles. The van der Waals surface area contributed by atoms with Crippen LogP contribution in [0.2, 0.25) is 0 Å². The number of hydrogen-bond donors (Lipinski definition) is 3. The topological polar surface area (TPSA) is 92.9 Å². The Morgan fingerprint density at radius 2 is 1.78 bits per heavy atom. The lowest BCUT2D eigenvalue weighted by Gasteiger charge is -2.16. The molecule has 0 bridgehead atoms. The standard InChI is InChI=1S/C25H21N5OS/c26-24-22-21(15-32-23(22)20(14-28-24)17-7-5-11-27-13-17)16-6-4-10-19(12-16)30-25(31)29-18-8-2-1-3-9-18/h1-14,21H,15H2,(H2,26,28)(H2,29,30,31). The number of thioether (sulfide) groups is 1. The Kier molecular flexibility index (Phi) is 5.47. The van der Waals surface area contributed by atoms with E-state index >= 15 is 0 Å². The van der Waals surface area contributed by atoms with E-state index in [1.54, 1.807) is 18.0 Å².